The third-order valence-corrected chi connectivity index (χ3v) is 3.95. The molecule has 2 amide bonds. The zero-order valence-electron chi connectivity index (χ0n) is 12.0. The Balaban J connectivity index is 1.77. The smallest absolute Gasteiger partial charge is 0.407 e. The standard InChI is InChI=1S/C16H17N3O3/c20-15(12-6-3-9-19(10-12)16(21)22)18-13-7-1-4-11-5-2-8-17-14(11)13/h1-2,4-5,7-8,12H,3,6,9-10H2,(H,18,20)(H,21,22)/t12-/m1/s1. The predicted octanol–water partition coefficient (Wildman–Crippen LogP) is 2.56. The first-order valence-corrected chi connectivity index (χ1v) is 7.27. The lowest BCUT2D eigenvalue weighted by Crippen LogP contribution is -2.43. The summed E-state index contributed by atoms with van der Waals surface area (Å²) in [6, 6.07) is 9.39. The van der Waals surface area contributed by atoms with Gasteiger partial charge in [-0.25, -0.2) is 4.79 Å². The zero-order valence-corrected chi connectivity index (χ0v) is 12.0. The summed E-state index contributed by atoms with van der Waals surface area (Å²) < 4.78 is 0. The van der Waals surface area contributed by atoms with Crippen LogP contribution in [0.4, 0.5) is 10.5 Å². The number of hydrogen-bond donors (Lipinski definition) is 2. The summed E-state index contributed by atoms with van der Waals surface area (Å²) in [5, 5.41) is 12.9. The summed E-state index contributed by atoms with van der Waals surface area (Å²) in [4.78, 5) is 29.1. The molecule has 2 aromatic rings. The van der Waals surface area contributed by atoms with E-state index in [0.29, 0.717) is 25.1 Å². The van der Waals surface area contributed by atoms with E-state index in [1.54, 1.807) is 6.20 Å². The van der Waals surface area contributed by atoms with Crippen LogP contribution in [0.25, 0.3) is 10.9 Å². The lowest BCUT2D eigenvalue weighted by Gasteiger charge is -2.29. The van der Waals surface area contributed by atoms with E-state index in [0.717, 1.165) is 10.9 Å². The average Bonchev–Trinajstić information content (AvgIpc) is 2.55. The van der Waals surface area contributed by atoms with Crippen LogP contribution >= 0.6 is 0 Å². The van der Waals surface area contributed by atoms with Crippen molar-refractivity contribution in [3.63, 3.8) is 0 Å². The highest BCUT2D eigenvalue weighted by Crippen LogP contribution is 2.23. The maximum atomic E-state index is 12.4. The molecular formula is C16H17N3O3. The largest absolute Gasteiger partial charge is 0.465 e. The highest BCUT2D eigenvalue weighted by atomic mass is 16.4. The Morgan fingerprint density at radius 3 is 2.91 bits per heavy atom. The maximum absolute atomic E-state index is 12.4. The fourth-order valence-electron chi connectivity index (χ4n) is 2.80. The van der Waals surface area contributed by atoms with Gasteiger partial charge in [0.2, 0.25) is 5.91 Å². The second-order valence-electron chi connectivity index (χ2n) is 5.44. The minimum atomic E-state index is -0.968. The van der Waals surface area contributed by atoms with Gasteiger partial charge >= 0.3 is 6.09 Å². The van der Waals surface area contributed by atoms with E-state index < -0.39 is 6.09 Å². The molecule has 1 aromatic heterocycles. The summed E-state index contributed by atoms with van der Waals surface area (Å²) >= 11 is 0. The van der Waals surface area contributed by atoms with E-state index in [1.807, 2.05) is 30.3 Å². The number of pyridine rings is 1. The summed E-state index contributed by atoms with van der Waals surface area (Å²) in [6.07, 6.45) is 2.13. The van der Waals surface area contributed by atoms with Gasteiger partial charge in [-0.2, -0.15) is 0 Å². The number of hydrogen-bond acceptors (Lipinski definition) is 3. The fourth-order valence-corrected chi connectivity index (χ4v) is 2.80. The molecule has 1 atom stereocenters. The van der Waals surface area contributed by atoms with Gasteiger partial charge in [0.15, 0.2) is 0 Å². The number of fused-ring (bicyclic) bond motifs is 1. The summed E-state index contributed by atoms with van der Waals surface area (Å²) in [5.41, 5.74) is 1.40. The van der Waals surface area contributed by atoms with Gasteiger partial charge in [-0.3, -0.25) is 9.78 Å². The number of aromatic nitrogens is 1. The van der Waals surface area contributed by atoms with E-state index in [4.69, 9.17) is 5.11 Å². The number of para-hydroxylation sites is 1. The molecule has 1 aliphatic heterocycles. The van der Waals surface area contributed by atoms with Gasteiger partial charge in [-0.1, -0.05) is 18.2 Å². The monoisotopic (exact) mass is 299 g/mol. The van der Waals surface area contributed by atoms with Gasteiger partial charge in [0.1, 0.15) is 0 Å². The number of amides is 2. The Morgan fingerprint density at radius 1 is 1.27 bits per heavy atom. The minimum absolute atomic E-state index is 0.149. The SMILES string of the molecule is O=C(Nc1cccc2cccnc12)[C@@H]1CCCN(C(=O)O)C1. The second-order valence-corrected chi connectivity index (χ2v) is 5.44. The molecule has 22 heavy (non-hydrogen) atoms. The van der Waals surface area contributed by atoms with E-state index in [-0.39, 0.29) is 18.4 Å². The van der Waals surface area contributed by atoms with Crippen LogP contribution in [0.3, 0.4) is 0 Å². The Hall–Kier alpha value is -2.63. The number of nitrogens with one attached hydrogen (secondary N) is 1. The Kier molecular flexibility index (Phi) is 3.91. The van der Waals surface area contributed by atoms with E-state index >= 15 is 0 Å². The number of benzene rings is 1. The molecule has 0 unspecified atom stereocenters. The number of nitrogens with zero attached hydrogens (tertiary/aromatic N) is 2. The zero-order chi connectivity index (χ0) is 15.5. The van der Waals surface area contributed by atoms with Crippen molar-refractivity contribution in [1.29, 1.82) is 0 Å². The summed E-state index contributed by atoms with van der Waals surface area (Å²) in [6.45, 7) is 0.744. The van der Waals surface area contributed by atoms with Crippen LogP contribution in [-0.4, -0.2) is 40.1 Å². The molecule has 2 heterocycles. The summed E-state index contributed by atoms with van der Waals surface area (Å²) in [5.74, 6) is -0.465. The Bertz CT molecular complexity index is 711. The number of likely N-dealkylation sites (tertiary alicyclic amines) is 1. The highest BCUT2D eigenvalue weighted by molar-refractivity contribution is 6.01. The third-order valence-electron chi connectivity index (χ3n) is 3.95. The van der Waals surface area contributed by atoms with Crippen LogP contribution in [0.5, 0.6) is 0 Å². The van der Waals surface area contributed by atoms with Crippen molar-refractivity contribution >= 4 is 28.6 Å². The van der Waals surface area contributed by atoms with E-state index in [2.05, 4.69) is 10.3 Å². The first-order valence-electron chi connectivity index (χ1n) is 7.27. The molecule has 0 saturated carbocycles. The summed E-state index contributed by atoms with van der Waals surface area (Å²) in [7, 11) is 0. The number of carbonyl (C=O) groups excluding carboxylic acids is 1. The number of carboxylic acid groups (broad SMARTS) is 1. The first kappa shape index (κ1) is 14.3. The van der Waals surface area contributed by atoms with Crippen LogP contribution in [-0.2, 0) is 4.79 Å². The molecule has 0 spiro atoms. The van der Waals surface area contributed by atoms with Crippen molar-refractivity contribution < 1.29 is 14.7 Å². The molecule has 0 bridgehead atoms. The molecule has 2 N–H and O–H groups in total. The second kappa shape index (κ2) is 6.01. The molecule has 1 aromatic carbocycles. The predicted molar refractivity (Wildman–Crippen MR) is 82.7 cm³/mol. The quantitative estimate of drug-likeness (QED) is 0.892. The van der Waals surface area contributed by atoms with Crippen molar-refractivity contribution in [3.8, 4) is 0 Å². The molecular weight excluding hydrogens is 282 g/mol. The lowest BCUT2D eigenvalue weighted by molar-refractivity contribution is -0.121. The molecule has 3 rings (SSSR count). The Morgan fingerprint density at radius 2 is 2.09 bits per heavy atom. The third kappa shape index (κ3) is 2.86. The van der Waals surface area contributed by atoms with Crippen molar-refractivity contribution in [2.45, 2.75) is 12.8 Å². The first-order chi connectivity index (χ1) is 10.6. The minimum Gasteiger partial charge on any atom is -0.465 e. The van der Waals surface area contributed by atoms with Crippen LogP contribution in [0.1, 0.15) is 12.8 Å². The van der Waals surface area contributed by atoms with Gasteiger partial charge in [0.05, 0.1) is 17.1 Å². The molecule has 1 aliphatic rings. The molecule has 6 nitrogen and oxygen atoms in total. The van der Waals surface area contributed by atoms with Crippen molar-refractivity contribution in [2.24, 2.45) is 5.92 Å². The lowest BCUT2D eigenvalue weighted by atomic mass is 9.97. The average molecular weight is 299 g/mol. The van der Waals surface area contributed by atoms with Crippen LogP contribution in [0, 0.1) is 5.92 Å². The van der Waals surface area contributed by atoms with Gasteiger partial charge in [0.25, 0.3) is 0 Å². The molecule has 0 aliphatic carbocycles. The molecule has 114 valence electrons. The fraction of sp³-hybridized carbons (Fsp3) is 0.312. The highest BCUT2D eigenvalue weighted by Gasteiger charge is 2.28. The number of carbonyl (C=O) groups is 2. The van der Waals surface area contributed by atoms with Gasteiger partial charge < -0.3 is 15.3 Å². The van der Waals surface area contributed by atoms with Gasteiger partial charge in [0, 0.05) is 24.7 Å². The maximum Gasteiger partial charge on any atom is 0.407 e. The molecule has 0 radical (unpaired) electrons. The number of piperidine rings is 1. The van der Waals surface area contributed by atoms with Gasteiger partial charge in [-0.15, -0.1) is 0 Å². The van der Waals surface area contributed by atoms with Crippen molar-refractivity contribution in [3.05, 3.63) is 36.5 Å². The van der Waals surface area contributed by atoms with Crippen molar-refractivity contribution in [1.82, 2.24) is 9.88 Å². The topological polar surface area (TPSA) is 82.5 Å². The van der Waals surface area contributed by atoms with Crippen LogP contribution < -0.4 is 5.32 Å². The van der Waals surface area contributed by atoms with Gasteiger partial charge in [-0.05, 0) is 25.0 Å². The number of anilines is 1. The van der Waals surface area contributed by atoms with Crippen LogP contribution in [0.15, 0.2) is 36.5 Å². The van der Waals surface area contributed by atoms with E-state index in [9.17, 15) is 9.59 Å². The number of rotatable bonds is 2. The molecule has 6 heteroatoms. The van der Waals surface area contributed by atoms with E-state index in [1.165, 1.54) is 4.90 Å². The van der Waals surface area contributed by atoms with Crippen molar-refractivity contribution in [2.75, 3.05) is 18.4 Å². The molecule has 1 saturated heterocycles. The molecule has 1 fully saturated rings. The normalized spacial score (nSPS) is 18.2. The Labute approximate surface area is 127 Å². The van der Waals surface area contributed by atoms with Crippen LogP contribution in [0.2, 0.25) is 0 Å².